The molecule has 0 saturated carbocycles. The fraction of sp³-hybridized carbons (Fsp3) is 1.00. The summed E-state index contributed by atoms with van der Waals surface area (Å²) in [5.74, 6) is 0. The van der Waals surface area contributed by atoms with E-state index in [2.05, 4.69) is 30.7 Å². The molecular formula is C10H22N2. The van der Waals surface area contributed by atoms with E-state index in [0.29, 0.717) is 0 Å². The van der Waals surface area contributed by atoms with E-state index in [9.17, 15) is 0 Å². The molecule has 0 N–H and O–H groups in total. The van der Waals surface area contributed by atoms with E-state index in [1.807, 2.05) is 0 Å². The molecule has 0 aromatic heterocycles. The molecule has 0 aliphatic carbocycles. The Bertz CT molecular complexity index is 113. The summed E-state index contributed by atoms with van der Waals surface area (Å²) in [6.07, 6.45) is 2.72. The van der Waals surface area contributed by atoms with E-state index in [4.69, 9.17) is 0 Å². The lowest BCUT2D eigenvalue weighted by Crippen LogP contribution is -2.43. The zero-order chi connectivity index (χ0) is 8.97. The van der Waals surface area contributed by atoms with Crippen LogP contribution < -0.4 is 0 Å². The summed E-state index contributed by atoms with van der Waals surface area (Å²) >= 11 is 0. The molecule has 0 bridgehead atoms. The second-order valence-corrected chi connectivity index (χ2v) is 3.76. The molecule has 0 spiro atoms. The molecule has 0 aromatic rings. The summed E-state index contributed by atoms with van der Waals surface area (Å²) in [5.41, 5.74) is 0. The second kappa shape index (κ2) is 4.83. The van der Waals surface area contributed by atoms with Crippen LogP contribution in [0.15, 0.2) is 0 Å². The minimum Gasteiger partial charge on any atom is -0.306 e. The summed E-state index contributed by atoms with van der Waals surface area (Å²) in [6.45, 7) is 9.52. The summed E-state index contributed by atoms with van der Waals surface area (Å²) in [4.78, 5) is 5.02. The molecular weight excluding hydrogens is 148 g/mol. The van der Waals surface area contributed by atoms with Gasteiger partial charge in [-0.25, -0.2) is 0 Å². The lowest BCUT2D eigenvalue weighted by atomic mass is 10.0. The van der Waals surface area contributed by atoms with Crippen molar-refractivity contribution in [3.8, 4) is 0 Å². The van der Waals surface area contributed by atoms with Crippen LogP contribution in [0, 0.1) is 0 Å². The van der Waals surface area contributed by atoms with Gasteiger partial charge in [0.15, 0.2) is 0 Å². The van der Waals surface area contributed by atoms with E-state index in [1.165, 1.54) is 39.0 Å². The molecule has 12 heavy (non-hydrogen) atoms. The summed E-state index contributed by atoms with van der Waals surface area (Å²) in [5, 5.41) is 0. The first kappa shape index (κ1) is 10.0. The third-order valence-corrected chi connectivity index (χ3v) is 3.02. The minimum atomic E-state index is 0.858. The van der Waals surface area contributed by atoms with E-state index >= 15 is 0 Å². The predicted octanol–water partition coefficient (Wildman–Crippen LogP) is 1.42. The van der Waals surface area contributed by atoms with E-state index in [-0.39, 0.29) is 0 Å². The lowest BCUT2D eigenvalue weighted by molar-refractivity contribution is 0.131. The summed E-state index contributed by atoms with van der Waals surface area (Å²) in [7, 11) is 2.22. The Morgan fingerprint density at radius 3 is 2.08 bits per heavy atom. The van der Waals surface area contributed by atoms with Crippen molar-refractivity contribution in [3.05, 3.63) is 0 Å². The molecule has 2 heteroatoms. The van der Waals surface area contributed by atoms with Gasteiger partial charge in [-0.05, 0) is 46.1 Å². The van der Waals surface area contributed by atoms with Crippen molar-refractivity contribution in [1.29, 1.82) is 0 Å². The van der Waals surface area contributed by atoms with Crippen LogP contribution in [-0.4, -0.2) is 49.1 Å². The van der Waals surface area contributed by atoms with Crippen molar-refractivity contribution in [2.75, 3.05) is 33.2 Å². The van der Waals surface area contributed by atoms with Crippen molar-refractivity contribution in [2.45, 2.75) is 32.7 Å². The maximum atomic E-state index is 2.59. The number of piperidine rings is 1. The van der Waals surface area contributed by atoms with Gasteiger partial charge in [-0.3, -0.25) is 0 Å². The first-order valence-electron chi connectivity index (χ1n) is 5.20. The smallest absolute Gasteiger partial charge is 0.0119 e. The molecule has 1 aliphatic rings. The fourth-order valence-corrected chi connectivity index (χ4v) is 2.10. The largest absolute Gasteiger partial charge is 0.306 e. The summed E-state index contributed by atoms with van der Waals surface area (Å²) < 4.78 is 0. The zero-order valence-corrected chi connectivity index (χ0v) is 8.71. The zero-order valence-electron chi connectivity index (χ0n) is 8.71. The van der Waals surface area contributed by atoms with Crippen LogP contribution >= 0.6 is 0 Å². The number of hydrogen-bond acceptors (Lipinski definition) is 2. The highest BCUT2D eigenvalue weighted by atomic mass is 15.2. The Hall–Kier alpha value is -0.0800. The quantitative estimate of drug-likeness (QED) is 0.632. The molecule has 1 saturated heterocycles. The topological polar surface area (TPSA) is 6.48 Å². The number of nitrogens with zero attached hydrogens (tertiary/aromatic N) is 2. The van der Waals surface area contributed by atoms with E-state index in [1.54, 1.807) is 0 Å². The Balaban J connectivity index is 2.32. The maximum absolute atomic E-state index is 2.59. The minimum absolute atomic E-state index is 0.858. The first-order valence-corrected chi connectivity index (χ1v) is 5.20. The number of rotatable bonds is 3. The molecule has 1 fully saturated rings. The molecule has 1 aliphatic heterocycles. The van der Waals surface area contributed by atoms with Gasteiger partial charge >= 0.3 is 0 Å². The predicted molar refractivity (Wildman–Crippen MR) is 53.4 cm³/mol. The van der Waals surface area contributed by atoms with Crippen LogP contribution in [0.2, 0.25) is 0 Å². The van der Waals surface area contributed by atoms with Crippen molar-refractivity contribution < 1.29 is 0 Å². The van der Waals surface area contributed by atoms with Crippen molar-refractivity contribution in [1.82, 2.24) is 9.80 Å². The van der Waals surface area contributed by atoms with Crippen LogP contribution in [0.4, 0.5) is 0 Å². The third kappa shape index (κ3) is 2.46. The van der Waals surface area contributed by atoms with E-state index < -0.39 is 0 Å². The Labute approximate surface area is 76.5 Å². The van der Waals surface area contributed by atoms with Gasteiger partial charge in [0.1, 0.15) is 0 Å². The maximum Gasteiger partial charge on any atom is 0.0119 e. The molecule has 1 rings (SSSR count). The van der Waals surface area contributed by atoms with Gasteiger partial charge in [-0.1, -0.05) is 13.8 Å². The van der Waals surface area contributed by atoms with Gasteiger partial charge in [0, 0.05) is 6.04 Å². The van der Waals surface area contributed by atoms with E-state index in [0.717, 1.165) is 6.04 Å². The average molecular weight is 170 g/mol. The standard InChI is InChI=1S/C10H22N2/c1-4-12(5-2)10-6-8-11(3)9-7-10/h10H,4-9H2,1-3H3. The lowest BCUT2D eigenvalue weighted by Gasteiger charge is -2.36. The van der Waals surface area contributed by atoms with Gasteiger partial charge in [0.25, 0.3) is 0 Å². The molecule has 0 atom stereocenters. The van der Waals surface area contributed by atoms with Crippen molar-refractivity contribution >= 4 is 0 Å². The van der Waals surface area contributed by atoms with Crippen LogP contribution in [0.3, 0.4) is 0 Å². The molecule has 0 radical (unpaired) electrons. The molecule has 0 amide bonds. The Kier molecular flexibility index (Phi) is 4.02. The third-order valence-electron chi connectivity index (χ3n) is 3.02. The first-order chi connectivity index (χ1) is 5.77. The molecule has 0 aromatic carbocycles. The fourth-order valence-electron chi connectivity index (χ4n) is 2.10. The van der Waals surface area contributed by atoms with Gasteiger partial charge in [0.2, 0.25) is 0 Å². The highest BCUT2D eigenvalue weighted by Gasteiger charge is 2.20. The summed E-state index contributed by atoms with van der Waals surface area (Å²) in [6, 6.07) is 0.858. The van der Waals surface area contributed by atoms with Gasteiger partial charge < -0.3 is 9.80 Å². The van der Waals surface area contributed by atoms with Gasteiger partial charge in [-0.2, -0.15) is 0 Å². The number of hydrogen-bond donors (Lipinski definition) is 0. The highest BCUT2D eigenvalue weighted by Crippen LogP contribution is 2.14. The van der Waals surface area contributed by atoms with Crippen LogP contribution in [0.25, 0.3) is 0 Å². The normalized spacial score (nSPS) is 22.0. The van der Waals surface area contributed by atoms with Gasteiger partial charge in [-0.15, -0.1) is 0 Å². The van der Waals surface area contributed by atoms with Crippen LogP contribution in [-0.2, 0) is 0 Å². The van der Waals surface area contributed by atoms with Gasteiger partial charge in [0.05, 0.1) is 0 Å². The second-order valence-electron chi connectivity index (χ2n) is 3.76. The van der Waals surface area contributed by atoms with Crippen LogP contribution in [0.1, 0.15) is 26.7 Å². The van der Waals surface area contributed by atoms with Crippen molar-refractivity contribution in [3.63, 3.8) is 0 Å². The average Bonchev–Trinajstić information content (AvgIpc) is 2.10. The Morgan fingerprint density at radius 1 is 1.17 bits per heavy atom. The van der Waals surface area contributed by atoms with Crippen LogP contribution in [0.5, 0.6) is 0 Å². The molecule has 72 valence electrons. The SMILES string of the molecule is CCN(CC)C1CCN(C)CC1. The Morgan fingerprint density at radius 2 is 1.67 bits per heavy atom. The molecule has 1 heterocycles. The van der Waals surface area contributed by atoms with Crippen molar-refractivity contribution in [2.24, 2.45) is 0 Å². The number of likely N-dealkylation sites (tertiary alicyclic amines) is 1. The molecule has 2 nitrogen and oxygen atoms in total. The monoisotopic (exact) mass is 170 g/mol. The molecule has 0 unspecified atom stereocenters. The highest BCUT2D eigenvalue weighted by molar-refractivity contribution is 4.77.